The van der Waals surface area contributed by atoms with Crippen LogP contribution in [0.1, 0.15) is 20.8 Å². The molecule has 0 amide bonds. The van der Waals surface area contributed by atoms with E-state index in [-0.39, 0.29) is 5.54 Å². The number of hydrogen-bond donors (Lipinski definition) is 2. The molecule has 1 heterocycles. The summed E-state index contributed by atoms with van der Waals surface area (Å²) in [5.41, 5.74) is 5.62. The molecule has 0 saturated carbocycles. The Morgan fingerprint density at radius 3 is 2.77 bits per heavy atom. The highest BCUT2D eigenvalue weighted by molar-refractivity contribution is 7.09. The molecule has 1 unspecified atom stereocenters. The van der Waals surface area contributed by atoms with Gasteiger partial charge in [-0.3, -0.25) is 0 Å². The molecule has 74 valence electrons. The van der Waals surface area contributed by atoms with E-state index in [0.717, 1.165) is 5.13 Å². The number of anilines is 1. The summed E-state index contributed by atoms with van der Waals surface area (Å²) < 4.78 is 3.93. The Morgan fingerprint density at radius 1 is 1.69 bits per heavy atom. The SMILES string of the molecule is CC(C)C(C)(CN)Nc1ncns1. The Kier molecular flexibility index (Phi) is 3.22. The lowest BCUT2D eigenvalue weighted by molar-refractivity contribution is 0.382. The van der Waals surface area contributed by atoms with Crippen LogP contribution in [0.15, 0.2) is 6.33 Å². The third-order valence-corrected chi connectivity index (χ3v) is 3.03. The smallest absolute Gasteiger partial charge is 0.202 e. The van der Waals surface area contributed by atoms with Crippen molar-refractivity contribution < 1.29 is 0 Å². The molecule has 0 radical (unpaired) electrons. The summed E-state index contributed by atoms with van der Waals surface area (Å²) in [6.45, 7) is 6.96. The van der Waals surface area contributed by atoms with Crippen LogP contribution >= 0.6 is 11.5 Å². The molecule has 0 aromatic carbocycles. The molecule has 0 aliphatic rings. The van der Waals surface area contributed by atoms with Crippen LogP contribution in [-0.4, -0.2) is 21.4 Å². The van der Waals surface area contributed by atoms with E-state index < -0.39 is 0 Å². The fraction of sp³-hybridized carbons (Fsp3) is 0.750. The van der Waals surface area contributed by atoms with Crippen LogP contribution < -0.4 is 11.1 Å². The van der Waals surface area contributed by atoms with Gasteiger partial charge in [-0.25, -0.2) is 4.98 Å². The van der Waals surface area contributed by atoms with Crippen molar-refractivity contribution in [3.05, 3.63) is 6.33 Å². The number of nitrogens with zero attached hydrogens (tertiary/aromatic N) is 2. The van der Waals surface area contributed by atoms with E-state index in [1.165, 1.54) is 11.5 Å². The van der Waals surface area contributed by atoms with Crippen molar-refractivity contribution in [1.82, 2.24) is 9.36 Å². The van der Waals surface area contributed by atoms with E-state index in [2.05, 4.69) is 35.4 Å². The second kappa shape index (κ2) is 4.02. The highest BCUT2D eigenvalue weighted by atomic mass is 32.1. The van der Waals surface area contributed by atoms with Gasteiger partial charge in [0, 0.05) is 18.1 Å². The average Bonchev–Trinajstić information content (AvgIpc) is 2.56. The summed E-state index contributed by atoms with van der Waals surface area (Å²) in [5, 5.41) is 4.14. The van der Waals surface area contributed by atoms with Crippen LogP contribution in [-0.2, 0) is 0 Å². The van der Waals surface area contributed by atoms with Gasteiger partial charge in [0.1, 0.15) is 6.33 Å². The molecule has 3 N–H and O–H groups in total. The van der Waals surface area contributed by atoms with Crippen LogP contribution in [0.4, 0.5) is 5.13 Å². The molecule has 1 aromatic heterocycles. The first-order chi connectivity index (χ1) is 6.08. The third kappa shape index (κ3) is 2.38. The summed E-state index contributed by atoms with van der Waals surface area (Å²) in [7, 11) is 0. The molecule has 0 spiro atoms. The number of hydrogen-bond acceptors (Lipinski definition) is 5. The first-order valence-electron chi connectivity index (χ1n) is 4.33. The van der Waals surface area contributed by atoms with Crippen molar-refractivity contribution >= 4 is 16.7 Å². The standard InChI is InChI=1S/C8H16N4S/c1-6(2)8(3,4-9)12-7-10-5-11-13-7/h5-6H,4,9H2,1-3H3,(H,10,11,12). The van der Waals surface area contributed by atoms with Crippen LogP contribution in [0.5, 0.6) is 0 Å². The highest BCUT2D eigenvalue weighted by Gasteiger charge is 2.27. The Morgan fingerprint density at radius 2 is 2.38 bits per heavy atom. The minimum atomic E-state index is -0.0977. The zero-order chi connectivity index (χ0) is 9.90. The fourth-order valence-electron chi connectivity index (χ4n) is 0.904. The van der Waals surface area contributed by atoms with Gasteiger partial charge in [-0.05, 0) is 12.8 Å². The molecule has 5 heteroatoms. The van der Waals surface area contributed by atoms with Gasteiger partial charge in [0.2, 0.25) is 5.13 Å². The third-order valence-electron chi connectivity index (χ3n) is 2.45. The Balaban J connectivity index is 2.69. The molecule has 1 rings (SSSR count). The van der Waals surface area contributed by atoms with Gasteiger partial charge in [0.15, 0.2) is 0 Å². The normalized spacial score (nSPS) is 15.8. The van der Waals surface area contributed by atoms with Gasteiger partial charge in [-0.2, -0.15) is 4.37 Å². The van der Waals surface area contributed by atoms with Crippen LogP contribution in [0.2, 0.25) is 0 Å². The maximum atomic E-state index is 5.72. The quantitative estimate of drug-likeness (QED) is 0.769. The zero-order valence-corrected chi connectivity index (χ0v) is 9.06. The average molecular weight is 200 g/mol. The minimum Gasteiger partial charge on any atom is -0.354 e. The van der Waals surface area contributed by atoms with Crippen LogP contribution in [0.3, 0.4) is 0 Å². The van der Waals surface area contributed by atoms with Crippen molar-refractivity contribution in [2.24, 2.45) is 11.7 Å². The first-order valence-corrected chi connectivity index (χ1v) is 5.11. The van der Waals surface area contributed by atoms with Gasteiger partial charge in [0.25, 0.3) is 0 Å². The largest absolute Gasteiger partial charge is 0.354 e. The van der Waals surface area contributed by atoms with E-state index in [1.54, 1.807) is 6.33 Å². The van der Waals surface area contributed by atoms with Crippen molar-refractivity contribution in [3.8, 4) is 0 Å². The summed E-state index contributed by atoms with van der Waals surface area (Å²) in [5.74, 6) is 0.460. The Bertz CT molecular complexity index is 247. The van der Waals surface area contributed by atoms with Gasteiger partial charge in [-0.15, -0.1) is 0 Å². The van der Waals surface area contributed by atoms with E-state index in [0.29, 0.717) is 12.5 Å². The predicted molar refractivity (Wildman–Crippen MR) is 55.8 cm³/mol. The minimum absolute atomic E-state index is 0.0977. The second-order valence-electron chi connectivity index (χ2n) is 3.65. The number of nitrogens with two attached hydrogens (primary N) is 1. The molecule has 0 aliphatic carbocycles. The molecule has 4 nitrogen and oxygen atoms in total. The molecule has 0 fully saturated rings. The lowest BCUT2D eigenvalue weighted by Crippen LogP contribution is -2.47. The molecule has 0 bridgehead atoms. The summed E-state index contributed by atoms with van der Waals surface area (Å²) in [6, 6.07) is 0. The van der Waals surface area contributed by atoms with Gasteiger partial charge in [-0.1, -0.05) is 13.8 Å². The van der Waals surface area contributed by atoms with Gasteiger partial charge >= 0.3 is 0 Å². The van der Waals surface area contributed by atoms with Gasteiger partial charge in [0.05, 0.1) is 5.54 Å². The van der Waals surface area contributed by atoms with E-state index >= 15 is 0 Å². The maximum absolute atomic E-state index is 5.72. The maximum Gasteiger partial charge on any atom is 0.202 e. The highest BCUT2D eigenvalue weighted by Crippen LogP contribution is 2.21. The van der Waals surface area contributed by atoms with Crippen molar-refractivity contribution in [2.45, 2.75) is 26.3 Å². The van der Waals surface area contributed by atoms with Crippen molar-refractivity contribution in [2.75, 3.05) is 11.9 Å². The number of rotatable bonds is 4. The van der Waals surface area contributed by atoms with Crippen LogP contribution in [0, 0.1) is 5.92 Å². The molecule has 13 heavy (non-hydrogen) atoms. The van der Waals surface area contributed by atoms with Crippen molar-refractivity contribution in [3.63, 3.8) is 0 Å². The second-order valence-corrected chi connectivity index (χ2v) is 4.43. The number of aromatic nitrogens is 2. The predicted octanol–water partition coefficient (Wildman–Crippen LogP) is 1.32. The Hall–Kier alpha value is -0.680. The van der Waals surface area contributed by atoms with E-state index in [9.17, 15) is 0 Å². The first kappa shape index (κ1) is 10.4. The van der Waals surface area contributed by atoms with Crippen LogP contribution in [0.25, 0.3) is 0 Å². The topological polar surface area (TPSA) is 63.8 Å². The monoisotopic (exact) mass is 200 g/mol. The van der Waals surface area contributed by atoms with E-state index in [4.69, 9.17) is 5.73 Å². The molecular formula is C8H16N4S. The summed E-state index contributed by atoms with van der Waals surface area (Å²) >= 11 is 1.35. The van der Waals surface area contributed by atoms with Gasteiger partial charge < -0.3 is 11.1 Å². The zero-order valence-electron chi connectivity index (χ0n) is 8.24. The van der Waals surface area contributed by atoms with Crippen molar-refractivity contribution in [1.29, 1.82) is 0 Å². The lowest BCUT2D eigenvalue weighted by atomic mass is 9.89. The molecule has 1 aromatic rings. The molecule has 0 aliphatic heterocycles. The molecular weight excluding hydrogens is 184 g/mol. The Labute approximate surface area is 82.7 Å². The number of nitrogens with one attached hydrogen (secondary N) is 1. The van der Waals surface area contributed by atoms with E-state index in [1.807, 2.05) is 0 Å². The fourth-order valence-corrected chi connectivity index (χ4v) is 1.47. The summed E-state index contributed by atoms with van der Waals surface area (Å²) in [6.07, 6.45) is 1.55. The molecule has 0 saturated heterocycles. The lowest BCUT2D eigenvalue weighted by Gasteiger charge is -2.33. The molecule has 1 atom stereocenters. The summed E-state index contributed by atoms with van der Waals surface area (Å²) in [4.78, 5) is 4.07.